The van der Waals surface area contributed by atoms with Crippen LogP contribution in [0.5, 0.6) is 0 Å². The summed E-state index contributed by atoms with van der Waals surface area (Å²) in [6.07, 6.45) is 1.50. The highest BCUT2D eigenvalue weighted by Gasteiger charge is 2.28. The first-order chi connectivity index (χ1) is 8.74. The zero-order valence-corrected chi connectivity index (χ0v) is 12.6. The molecular formula is C14H20Cl2N2O. The average Bonchev–Trinajstić information content (AvgIpc) is 2.40. The molecule has 0 spiro atoms. The number of benzene rings is 1. The Morgan fingerprint density at radius 2 is 2.21 bits per heavy atom. The minimum absolute atomic E-state index is 0. The Hall–Kier alpha value is -0.770. The van der Waals surface area contributed by atoms with Crippen LogP contribution in [0.1, 0.15) is 31.4 Å². The van der Waals surface area contributed by atoms with E-state index in [0.29, 0.717) is 6.42 Å². The molecule has 1 aromatic rings. The fraction of sp³-hybridized carbons (Fsp3) is 0.500. The summed E-state index contributed by atoms with van der Waals surface area (Å²) in [5, 5.41) is 4.07. The molecule has 0 saturated carbocycles. The zero-order valence-electron chi connectivity index (χ0n) is 11.1. The Balaban J connectivity index is 0.00000180. The molecule has 1 aliphatic rings. The quantitative estimate of drug-likeness (QED) is 0.931. The number of nitrogens with zero attached hydrogens (tertiary/aromatic N) is 1. The molecule has 1 N–H and O–H groups in total. The highest BCUT2D eigenvalue weighted by atomic mass is 35.5. The summed E-state index contributed by atoms with van der Waals surface area (Å²) < 4.78 is 0. The molecule has 1 aliphatic heterocycles. The van der Waals surface area contributed by atoms with Crippen molar-refractivity contribution in [3.8, 4) is 0 Å². The zero-order chi connectivity index (χ0) is 13.0. The maximum atomic E-state index is 12.1. The van der Waals surface area contributed by atoms with E-state index in [9.17, 15) is 4.79 Å². The predicted octanol–water partition coefficient (Wildman–Crippen LogP) is 3.03. The summed E-state index contributed by atoms with van der Waals surface area (Å²) in [5.41, 5.74) is 1.04. The van der Waals surface area contributed by atoms with Crippen molar-refractivity contribution in [3.05, 3.63) is 34.9 Å². The molecule has 106 valence electrons. The van der Waals surface area contributed by atoms with E-state index >= 15 is 0 Å². The largest absolute Gasteiger partial charge is 0.333 e. The van der Waals surface area contributed by atoms with E-state index in [1.54, 1.807) is 0 Å². The van der Waals surface area contributed by atoms with E-state index in [4.69, 9.17) is 11.6 Å². The number of piperazine rings is 1. The van der Waals surface area contributed by atoms with Gasteiger partial charge >= 0.3 is 0 Å². The van der Waals surface area contributed by atoms with Crippen molar-refractivity contribution in [2.45, 2.75) is 25.8 Å². The summed E-state index contributed by atoms with van der Waals surface area (Å²) in [4.78, 5) is 14.1. The van der Waals surface area contributed by atoms with Gasteiger partial charge in [-0.2, -0.15) is 0 Å². The number of carbonyl (C=O) groups excluding carboxylic acids is 1. The predicted molar refractivity (Wildman–Crippen MR) is 80.9 cm³/mol. The lowest BCUT2D eigenvalue weighted by Crippen LogP contribution is -2.48. The fourth-order valence-corrected chi connectivity index (χ4v) is 2.65. The van der Waals surface area contributed by atoms with Gasteiger partial charge in [0, 0.05) is 31.1 Å². The molecule has 1 unspecified atom stereocenters. The molecule has 3 nitrogen and oxygen atoms in total. The lowest BCUT2D eigenvalue weighted by molar-refractivity contribution is -0.134. The van der Waals surface area contributed by atoms with Crippen molar-refractivity contribution in [1.29, 1.82) is 0 Å². The van der Waals surface area contributed by atoms with Crippen LogP contribution in [0.25, 0.3) is 0 Å². The van der Waals surface area contributed by atoms with E-state index in [0.717, 1.165) is 36.6 Å². The van der Waals surface area contributed by atoms with Gasteiger partial charge in [0.2, 0.25) is 5.91 Å². The first kappa shape index (κ1) is 16.3. The van der Waals surface area contributed by atoms with Crippen LogP contribution in [0.2, 0.25) is 5.02 Å². The topological polar surface area (TPSA) is 32.3 Å². The second-order valence-corrected chi connectivity index (χ2v) is 4.99. The Labute approximate surface area is 125 Å². The third-order valence-corrected chi connectivity index (χ3v) is 3.64. The third-order valence-electron chi connectivity index (χ3n) is 3.29. The van der Waals surface area contributed by atoms with Crippen molar-refractivity contribution in [2.75, 3.05) is 19.6 Å². The van der Waals surface area contributed by atoms with Crippen LogP contribution in [0, 0.1) is 0 Å². The van der Waals surface area contributed by atoms with Crippen LogP contribution in [0.3, 0.4) is 0 Å². The highest BCUT2D eigenvalue weighted by molar-refractivity contribution is 6.31. The van der Waals surface area contributed by atoms with Crippen LogP contribution in [0.4, 0.5) is 0 Å². The number of halogens is 2. The van der Waals surface area contributed by atoms with Crippen molar-refractivity contribution in [1.82, 2.24) is 10.2 Å². The molecule has 1 amide bonds. The summed E-state index contributed by atoms with van der Waals surface area (Å²) in [7, 11) is 0. The Kier molecular flexibility index (Phi) is 6.63. The van der Waals surface area contributed by atoms with Gasteiger partial charge in [-0.15, -0.1) is 12.4 Å². The number of amides is 1. The lowest BCUT2D eigenvalue weighted by Gasteiger charge is -2.37. The minimum Gasteiger partial charge on any atom is -0.333 e. The highest BCUT2D eigenvalue weighted by Crippen LogP contribution is 2.28. The number of hydrogen-bond donors (Lipinski definition) is 1. The van der Waals surface area contributed by atoms with Crippen molar-refractivity contribution < 1.29 is 4.79 Å². The summed E-state index contributed by atoms with van der Waals surface area (Å²) >= 11 is 6.24. The molecule has 2 rings (SSSR count). The van der Waals surface area contributed by atoms with Crippen LogP contribution in [0.15, 0.2) is 24.3 Å². The average molecular weight is 303 g/mol. The van der Waals surface area contributed by atoms with Crippen LogP contribution >= 0.6 is 24.0 Å². The second-order valence-electron chi connectivity index (χ2n) is 4.58. The molecule has 1 aromatic carbocycles. The van der Waals surface area contributed by atoms with Gasteiger partial charge in [-0.1, -0.05) is 36.7 Å². The normalized spacial score (nSPS) is 18.8. The van der Waals surface area contributed by atoms with Gasteiger partial charge in [-0.25, -0.2) is 0 Å². The molecule has 1 heterocycles. The number of hydrogen-bond acceptors (Lipinski definition) is 2. The molecule has 19 heavy (non-hydrogen) atoms. The van der Waals surface area contributed by atoms with Gasteiger partial charge < -0.3 is 10.2 Å². The molecule has 1 saturated heterocycles. The Morgan fingerprint density at radius 1 is 1.47 bits per heavy atom. The molecule has 0 aliphatic carbocycles. The molecule has 5 heteroatoms. The number of carbonyl (C=O) groups is 1. The molecule has 0 radical (unpaired) electrons. The van der Waals surface area contributed by atoms with Crippen LogP contribution in [-0.4, -0.2) is 30.4 Å². The SMILES string of the molecule is CCCC(=O)N1CCNCC1c1ccccc1Cl.Cl. The third kappa shape index (κ3) is 3.85. The Morgan fingerprint density at radius 3 is 2.89 bits per heavy atom. The fourth-order valence-electron chi connectivity index (χ4n) is 2.38. The van der Waals surface area contributed by atoms with E-state index in [1.807, 2.05) is 36.1 Å². The van der Waals surface area contributed by atoms with Gasteiger partial charge in [0.1, 0.15) is 0 Å². The van der Waals surface area contributed by atoms with Gasteiger partial charge in [-0.05, 0) is 18.1 Å². The first-order valence-corrected chi connectivity index (χ1v) is 6.86. The maximum absolute atomic E-state index is 12.1. The minimum atomic E-state index is 0. The number of rotatable bonds is 3. The van der Waals surface area contributed by atoms with Crippen molar-refractivity contribution in [3.63, 3.8) is 0 Å². The summed E-state index contributed by atoms with van der Waals surface area (Å²) in [5.74, 6) is 0.226. The summed E-state index contributed by atoms with van der Waals surface area (Å²) in [6, 6.07) is 7.84. The molecule has 1 fully saturated rings. The first-order valence-electron chi connectivity index (χ1n) is 6.48. The van der Waals surface area contributed by atoms with Crippen LogP contribution in [-0.2, 0) is 4.79 Å². The standard InChI is InChI=1S/C14H19ClN2O.ClH/c1-2-5-14(18)17-9-8-16-10-13(17)11-6-3-4-7-12(11)15;/h3-4,6-7,13,16H,2,5,8-10H2,1H3;1H. The Bertz CT molecular complexity index is 426. The second kappa shape index (κ2) is 7.73. The van der Waals surface area contributed by atoms with E-state index < -0.39 is 0 Å². The van der Waals surface area contributed by atoms with Crippen molar-refractivity contribution >= 4 is 29.9 Å². The van der Waals surface area contributed by atoms with E-state index in [1.165, 1.54) is 0 Å². The van der Waals surface area contributed by atoms with E-state index in [-0.39, 0.29) is 24.4 Å². The summed E-state index contributed by atoms with van der Waals surface area (Å²) in [6.45, 7) is 4.43. The molecule has 0 aromatic heterocycles. The van der Waals surface area contributed by atoms with Gasteiger partial charge in [0.25, 0.3) is 0 Å². The molecular weight excluding hydrogens is 283 g/mol. The maximum Gasteiger partial charge on any atom is 0.223 e. The van der Waals surface area contributed by atoms with Crippen LogP contribution < -0.4 is 5.32 Å². The smallest absolute Gasteiger partial charge is 0.223 e. The van der Waals surface area contributed by atoms with Gasteiger partial charge in [-0.3, -0.25) is 4.79 Å². The van der Waals surface area contributed by atoms with Gasteiger partial charge in [0.15, 0.2) is 0 Å². The molecule has 1 atom stereocenters. The lowest BCUT2D eigenvalue weighted by atomic mass is 10.0. The number of nitrogens with one attached hydrogen (secondary N) is 1. The van der Waals surface area contributed by atoms with E-state index in [2.05, 4.69) is 5.32 Å². The van der Waals surface area contributed by atoms with Crippen molar-refractivity contribution in [2.24, 2.45) is 0 Å². The molecule has 0 bridgehead atoms. The van der Waals surface area contributed by atoms with Gasteiger partial charge in [0.05, 0.1) is 6.04 Å². The monoisotopic (exact) mass is 302 g/mol.